The number of ether oxygens (including phenoxy) is 2. The lowest BCUT2D eigenvalue weighted by Crippen LogP contribution is -2.18. The van der Waals surface area contributed by atoms with Crippen molar-refractivity contribution in [2.24, 2.45) is 11.0 Å². The van der Waals surface area contributed by atoms with E-state index >= 15 is 0 Å². The lowest BCUT2D eigenvalue weighted by atomic mass is 10.0. The molecule has 35 heavy (non-hydrogen) atoms. The molecule has 0 bridgehead atoms. The number of hydrogen-bond donors (Lipinski definition) is 2. The minimum atomic E-state index is -0.393. The SMILES string of the molecule is COc1cccc(/C=N\NC(=O)c2cc(-c3cccc(OCC(C)C)c3)nc3ccccc23)c1O. The summed E-state index contributed by atoms with van der Waals surface area (Å²) < 4.78 is 11.0. The standard InChI is InChI=1S/C28H27N3O4/c1-18(2)17-35-21-10-6-8-19(14-21)25-15-23(22-11-4-5-12-24(22)30-25)28(33)31-29-16-20-9-7-13-26(34-3)27(20)32/h4-16,18,32H,17H2,1-3H3,(H,31,33)/b29-16-. The lowest BCUT2D eigenvalue weighted by molar-refractivity contribution is 0.0956. The highest BCUT2D eigenvalue weighted by Gasteiger charge is 2.14. The summed E-state index contributed by atoms with van der Waals surface area (Å²) in [5.74, 6) is 1.04. The van der Waals surface area contributed by atoms with Crippen LogP contribution in [0.1, 0.15) is 29.8 Å². The topological polar surface area (TPSA) is 93.0 Å². The first-order valence-electron chi connectivity index (χ1n) is 11.3. The van der Waals surface area contributed by atoms with E-state index in [1.165, 1.54) is 13.3 Å². The maximum absolute atomic E-state index is 13.1. The van der Waals surface area contributed by atoms with E-state index in [1.807, 2.05) is 48.5 Å². The Kier molecular flexibility index (Phi) is 7.26. The second kappa shape index (κ2) is 10.7. The number of phenolic OH excluding ortho intramolecular Hbond substituents is 1. The van der Waals surface area contributed by atoms with Gasteiger partial charge in [0.1, 0.15) is 5.75 Å². The number of fused-ring (bicyclic) bond motifs is 1. The number of nitrogens with one attached hydrogen (secondary N) is 1. The van der Waals surface area contributed by atoms with Gasteiger partial charge in [-0.2, -0.15) is 5.10 Å². The van der Waals surface area contributed by atoms with Crippen LogP contribution in [0.4, 0.5) is 0 Å². The van der Waals surface area contributed by atoms with Crippen LogP contribution in [-0.4, -0.2) is 35.9 Å². The Morgan fingerprint density at radius 3 is 2.69 bits per heavy atom. The van der Waals surface area contributed by atoms with Crippen LogP contribution in [0.25, 0.3) is 22.2 Å². The molecule has 2 N–H and O–H groups in total. The largest absolute Gasteiger partial charge is 0.504 e. The number of carbonyl (C=O) groups is 1. The number of hydrazone groups is 1. The van der Waals surface area contributed by atoms with Gasteiger partial charge in [0.05, 0.1) is 36.7 Å². The van der Waals surface area contributed by atoms with E-state index in [9.17, 15) is 9.90 Å². The van der Waals surface area contributed by atoms with E-state index in [4.69, 9.17) is 14.5 Å². The van der Waals surface area contributed by atoms with Crippen molar-refractivity contribution in [2.45, 2.75) is 13.8 Å². The van der Waals surface area contributed by atoms with E-state index in [2.05, 4.69) is 24.4 Å². The second-order valence-corrected chi connectivity index (χ2v) is 8.40. The van der Waals surface area contributed by atoms with Crippen molar-refractivity contribution >= 4 is 23.0 Å². The van der Waals surface area contributed by atoms with Gasteiger partial charge in [-0.1, -0.05) is 50.2 Å². The summed E-state index contributed by atoms with van der Waals surface area (Å²) in [6.07, 6.45) is 1.37. The van der Waals surface area contributed by atoms with Gasteiger partial charge in [-0.15, -0.1) is 0 Å². The first kappa shape index (κ1) is 23.8. The summed E-state index contributed by atoms with van der Waals surface area (Å²) in [4.78, 5) is 17.9. The van der Waals surface area contributed by atoms with Crippen molar-refractivity contribution < 1.29 is 19.4 Å². The molecule has 0 saturated heterocycles. The maximum atomic E-state index is 13.1. The van der Waals surface area contributed by atoms with Gasteiger partial charge in [0.2, 0.25) is 0 Å². The predicted octanol–water partition coefficient (Wildman–Crippen LogP) is 5.41. The number of carbonyl (C=O) groups excluding carboxylic acids is 1. The number of phenols is 1. The first-order chi connectivity index (χ1) is 17.0. The predicted molar refractivity (Wildman–Crippen MR) is 137 cm³/mol. The maximum Gasteiger partial charge on any atom is 0.272 e. The second-order valence-electron chi connectivity index (χ2n) is 8.40. The van der Waals surface area contributed by atoms with Gasteiger partial charge in [0.25, 0.3) is 5.91 Å². The Balaban J connectivity index is 1.64. The summed E-state index contributed by atoms with van der Waals surface area (Å²) in [7, 11) is 1.47. The smallest absolute Gasteiger partial charge is 0.272 e. The number of pyridine rings is 1. The number of aromatic hydroxyl groups is 1. The molecule has 4 aromatic rings. The van der Waals surface area contributed by atoms with Crippen molar-refractivity contribution in [2.75, 3.05) is 13.7 Å². The number of hydrogen-bond acceptors (Lipinski definition) is 6. The molecule has 1 amide bonds. The fourth-order valence-electron chi connectivity index (χ4n) is 3.55. The van der Waals surface area contributed by atoms with Gasteiger partial charge in [-0.05, 0) is 42.3 Å². The number of rotatable bonds is 8. The number of amides is 1. The average Bonchev–Trinajstić information content (AvgIpc) is 2.88. The number of methoxy groups -OCH3 is 1. The molecule has 0 aliphatic heterocycles. The van der Waals surface area contributed by atoms with Crippen LogP contribution in [0.5, 0.6) is 17.2 Å². The number of benzene rings is 3. The summed E-state index contributed by atoms with van der Waals surface area (Å²) in [6.45, 7) is 4.80. The van der Waals surface area contributed by atoms with E-state index < -0.39 is 5.91 Å². The highest BCUT2D eigenvalue weighted by atomic mass is 16.5. The number of para-hydroxylation sites is 2. The fourth-order valence-corrected chi connectivity index (χ4v) is 3.55. The van der Waals surface area contributed by atoms with Gasteiger partial charge in [0, 0.05) is 16.5 Å². The summed E-state index contributed by atoms with van der Waals surface area (Å²) in [5, 5.41) is 15.0. The van der Waals surface area contributed by atoms with Gasteiger partial charge in [-0.25, -0.2) is 10.4 Å². The third-order valence-corrected chi connectivity index (χ3v) is 5.29. The van der Waals surface area contributed by atoms with E-state index in [1.54, 1.807) is 24.3 Å². The lowest BCUT2D eigenvalue weighted by Gasteiger charge is -2.12. The van der Waals surface area contributed by atoms with Crippen molar-refractivity contribution in [3.63, 3.8) is 0 Å². The molecule has 0 aliphatic rings. The summed E-state index contributed by atoms with van der Waals surface area (Å²) in [6, 6.07) is 21.9. The molecule has 0 aliphatic carbocycles. The molecule has 0 fully saturated rings. The molecule has 1 aromatic heterocycles. The van der Waals surface area contributed by atoms with Gasteiger partial charge < -0.3 is 14.6 Å². The monoisotopic (exact) mass is 469 g/mol. The van der Waals surface area contributed by atoms with E-state index in [-0.39, 0.29) is 5.75 Å². The third kappa shape index (κ3) is 5.58. The van der Waals surface area contributed by atoms with Crippen LogP contribution in [0, 0.1) is 5.92 Å². The molecule has 1 heterocycles. The Hall–Kier alpha value is -4.39. The Labute approximate surface area is 204 Å². The van der Waals surface area contributed by atoms with E-state index in [0.29, 0.717) is 46.0 Å². The van der Waals surface area contributed by atoms with Crippen molar-refractivity contribution in [3.05, 3.63) is 83.9 Å². The van der Waals surface area contributed by atoms with Crippen LogP contribution in [0.2, 0.25) is 0 Å². The first-order valence-corrected chi connectivity index (χ1v) is 11.3. The highest BCUT2D eigenvalue weighted by Crippen LogP contribution is 2.29. The molecule has 4 rings (SSSR count). The van der Waals surface area contributed by atoms with Gasteiger partial charge in [0.15, 0.2) is 11.5 Å². The van der Waals surface area contributed by atoms with E-state index in [0.717, 1.165) is 11.3 Å². The molecule has 3 aromatic carbocycles. The molecular weight excluding hydrogens is 442 g/mol. The van der Waals surface area contributed by atoms with Crippen LogP contribution in [-0.2, 0) is 0 Å². The minimum Gasteiger partial charge on any atom is -0.504 e. The molecule has 0 spiro atoms. The zero-order valence-corrected chi connectivity index (χ0v) is 19.9. The molecule has 7 heteroatoms. The normalized spacial score (nSPS) is 11.2. The average molecular weight is 470 g/mol. The van der Waals surface area contributed by atoms with Crippen LogP contribution >= 0.6 is 0 Å². The van der Waals surface area contributed by atoms with Crippen molar-refractivity contribution in [3.8, 4) is 28.5 Å². The minimum absolute atomic E-state index is 0.0517. The number of aromatic nitrogens is 1. The van der Waals surface area contributed by atoms with Gasteiger partial charge >= 0.3 is 0 Å². The Morgan fingerprint density at radius 2 is 1.89 bits per heavy atom. The summed E-state index contributed by atoms with van der Waals surface area (Å²) >= 11 is 0. The molecule has 0 unspecified atom stereocenters. The Morgan fingerprint density at radius 1 is 1.09 bits per heavy atom. The van der Waals surface area contributed by atoms with Crippen LogP contribution in [0.15, 0.2) is 77.9 Å². The fraction of sp³-hybridized carbons (Fsp3) is 0.179. The molecule has 0 radical (unpaired) electrons. The highest BCUT2D eigenvalue weighted by molar-refractivity contribution is 6.07. The molecular formula is C28H27N3O4. The van der Waals surface area contributed by atoms with Crippen molar-refractivity contribution in [1.29, 1.82) is 0 Å². The Bertz CT molecular complexity index is 1380. The van der Waals surface area contributed by atoms with Gasteiger partial charge in [-0.3, -0.25) is 4.79 Å². The third-order valence-electron chi connectivity index (χ3n) is 5.29. The summed E-state index contributed by atoms with van der Waals surface area (Å²) in [5.41, 5.74) is 5.60. The van der Waals surface area contributed by atoms with Crippen LogP contribution < -0.4 is 14.9 Å². The number of nitrogens with zero attached hydrogens (tertiary/aromatic N) is 2. The molecule has 7 nitrogen and oxygen atoms in total. The zero-order valence-electron chi connectivity index (χ0n) is 19.9. The van der Waals surface area contributed by atoms with Crippen LogP contribution in [0.3, 0.4) is 0 Å². The zero-order chi connectivity index (χ0) is 24.8. The molecule has 178 valence electrons. The molecule has 0 atom stereocenters. The molecule has 0 saturated carbocycles. The van der Waals surface area contributed by atoms with Crippen molar-refractivity contribution in [1.82, 2.24) is 10.4 Å². The quantitative estimate of drug-likeness (QED) is 0.266.